The van der Waals surface area contributed by atoms with Crippen LogP contribution in [0.25, 0.3) is 16.7 Å². The van der Waals surface area contributed by atoms with Crippen LogP contribution in [-0.2, 0) is 0 Å². The minimum atomic E-state index is 0.964. The van der Waals surface area contributed by atoms with E-state index < -0.39 is 0 Å². The summed E-state index contributed by atoms with van der Waals surface area (Å²) in [5.74, 6) is 0. The van der Waals surface area contributed by atoms with Gasteiger partial charge in [-0.1, -0.05) is 60.2 Å². The summed E-state index contributed by atoms with van der Waals surface area (Å²) in [6.45, 7) is 2.11. The third kappa shape index (κ3) is 2.67. The summed E-state index contributed by atoms with van der Waals surface area (Å²) in [7, 11) is 0. The number of benzene rings is 2. The number of hydrogen-bond donors (Lipinski definition) is 1. The number of nitrogens with two attached hydrogens (primary N) is 1. The molecule has 0 saturated heterocycles. The zero-order valence-corrected chi connectivity index (χ0v) is 11.8. The van der Waals surface area contributed by atoms with Crippen molar-refractivity contribution in [2.45, 2.75) is 19.8 Å². The molecule has 20 heavy (non-hydrogen) atoms. The Morgan fingerprint density at radius 1 is 0.700 bits per heavy atom. The van der Waals surface area contributed by atoms with Crippen LogP contribution in [0.3, 0.4) is 0 Å². The molecule has 0 bridgehead atoms. The second-order valence-electron chi connectivity index (χ2n) is 5.38. The molecule has 0 saturated carbocycles. The Kier molecular flexibility index (Phi) is 3.42. The van der Waals surface area contributed by atoms with Gasteiger partial charge in [-0.15, -0.1) is 0 Å². The molecule has 2 aromatic carbocycles. The van der Waals surface area contributed by atoms with E-state index >= 15 is 0 Å². The fraction of sp³-hybridized carbons (Fsp3) is 0.158. The Balaban J connectivity index is 1.86. The van der Waals surface area contributed by atoms with Gasteiger partial charge in [-0.05, 0) is 48.1 Å². The molecule has 0 unspecified atom stereocenters. The van der Waals surface area contributed by atoms with Crippen LogP contribution in [0.1, 0.15) is 24.0 Å². The van der Waals surface area contributed by atoms with E-state index in [4.69, 9.17) is 5.73 Å². The van der Waals surface area contributed by atoms with Gasteiger partial charge >= 0.3 is 0 Å². The van der Waals surface area contributed by atoms with Gasteiger partial charge in [-0.2, -0.15) is 0 Å². The number of aryl methyl sites for hydroxylation is 1. The Morgan fingerprint density at radius 2 is 1.25 bits per heavy atom. The molecule has 0 heterocycles. The molecule has 0 fully saturated rings. The molecule has 1 heteroatoms. The molecule has 0 radical (unpaired) electrons. The first-order valence-corrected chi connectivity index (χ1v) is 7.05. The van der Waals surface area contributed by atoms with Crippen molar-refractivity contribution < 1.29 is 0 Å². The monoisotopic (exact) mass is 261 g/mol. The third-order valence-corrected chi connectivity index (χ3v) is 3.82. The Bertz CT molecular complexity index is 658. The van der Waals surface area contributed by atoms with Gasteiger partial charge in [-0.3, -0.25) is 0 Å². The van der Waals surface area contributed by atoms with E-state index in [-0.39, 0.29) is 0 Å². The first kappa shape index (κ1) is 12.7. The average Bonchev–Trinajstić information content (AvgIpc) is 2.49. The van der Waals surface area contributed by atoms with Crippen molar-refractivity contribution in [1.29, 1.82) is 0 Å². The van der Waals surface area contributed by atoms with Crippen molar-refractivity contribution in [2.75, 3.05) is 0 Å². The van der Waals surface area contributed by atoms with Gasteiger partial charge in [0, 0.05) is 5.70 Å². The molecule has 0 amide bonds. The summed E-state index contributed by atoms with van der Waals surface area (Å²) in [5, 5.41) is 0. The minimum absolute atomic E-state index is 0.964. The van der Waals surface area contributed by atoms with E-state index in [0.29, 0.717) is 0 Å². The topological polar surface area (TPSA) is 26.0 Å². The Morgan fingerprint density at radius 3 is 1.80 bits per heavy atom. The van der Waals surface area contributed by atoms with Crippen LogP contribution < -0.4 is 5.73 Å². The zero-order valence-electron chi connectivity index (χ0n) is 11.8. The first-order chi connectivity index (χ1) is 9.72. The average molecular weight is 261 g/mol. The quantitative estimate of drug-likeness (QED) is 0.834. The summed E-state index contributed by atoms with van der Waals surface area (Å²) >= 11 is 0. The molecule has 1 aliphatic carbocycles. The molecule has 0 aromatic heterocycles. The SMILES string of the molecule is Cc1ccc(-c2ccc(C3=CC=C(N)CC3)cc2)cc1. The lowest BCUT2D eigenvalue weighted by Gasteiger charge is -2.12. The maximum atomic E-state index is 5.80. The van der Waals surface area contributed by atoms with E-state index in [2.05, 4.69) is 61.5 Å². The summed E-state index contributed by atoms with van der Waals surface area (Å²) in [6, 6.07) is 17.5. The highest BCUT2D eigenvalue weighted by Crippen LogP contribution is 2.27. The lowest BCUT2D eigenvalue weighted by molar-refractivity contribution is 0.958. The van der Waals surface area contributed by atoms with Gasteiger partial charge < -0.3 is 5.73 Å². The van der Waals surface area contributed by atoms with Crippen LogP contribution >= 0.6 is 0 Å². The molecule has 2 N–H and O–H groups in total. The normalized spacial score (nSPS) is 14.7. The number of allylic oxidation sites excluding steroid dienone is 4. The van der Waals surface area contributed by atoms with Crippen molar-refractivity contribution in [3.63, 3.8) is 0 Å². The van der Waals surface area contributed by atoms with Crippen molar-refractivity contribution in [2.24, 2.45) is 5.73 Å². The standard InChI is InChI=1S/C19H19N/c1-14-2-4-15(5-3-14)16-6-8-17(9-7-16)18-10-12-19(20)13-11-18/h2-10,12H,11,13,20H2,1H3. The molecule has 2 aromatic rings. The molecular weight excluding hydrogens is 242 g/mol. The highest BCUT2D eigenvalue weighted by molar-refractivity contribution is 5.72. The van der Waals surface area contributed by atoms with Crippen LogP contribution in [0, 0.1) is 6.92 Å². The summed E-state index contributed by atoms with van der Waals surface area (Å²) in [4.78, 5) is 0. The fourth-order valence-electron chi connectivity index (χ4n) is 2.52. The van der Waals surface area contributed by atoms with E-state index in [1.807, 2.05) is 6.08 Å². The van der Waals surface area contributed by atoms with Gasteiger partial charge in [0.15, 0.2) is 0 Å². The molecule has 3 rings (SSSR count). The van der Waals surface area contributed by atoms with Gasteiger partial charge in [-0.25, -0.2) is 0 Å². The molecule has 1 nitrogen and oxygen atoms in total. The Hall–Kier alpha value is -2.28. The maximum absolute atomic E-state index is 5.80. The van der Waals surface area contributed by atoms with Crippen molar-refractivity contribution in [3.05, 3.63) is 77.5 Å². The first-order valence-electron chi connectivity index (χ1n) is 7.05. The highest BCUT2D eigenvalue weighted by Gasteiger charge is 2.06. The van der Waals surface area contributed by atoms with Crippen LogP contribution in [-0.4, -0.2) is 0 Å². The number of hydrogen-bond acceptors (Lipinski definition) is 1. The smallest absolute Gasteiger partial charge is 0.00839 e. The van der Waals surface area contributed by atoms with Crippen molar-refractivity contribution in [3.8, 4) is 11.1 Å². The summed E-state index contributed by atoms with van der Waals surface area (Å²) in [5.41, 5.74) is 13.3. The van der Waals surface area contributed by atoms with Crippen LogP contribution in [0.4, 0.5) is 0 Å². The lowest BCUT2D eigenvalue weighted by atomic mass is 9.94. The summed E-state index contributed by atoms with van der Waals surface area (Å²) < 4.78 is 0. The van der Waals surface area contributed by atoms with Crippen molar-refractivity contribution >= 4 is 5.57 Å². The molecule has 0 atom stereocenters. The zero-order chi connectivity index (χ0) is 13.9. The van der Waals surface area contributed by atoms with Crippen LogP contribution in [0.5, 0.6) is 0 Å². The van der Waals surface area contributed by atoms with Crippen LogP contribution in [0.2, 0.25) is 0 Å². The molecular formula is C19H19N. The number of rotatable bonds is 2. The molecule has 0 spiro atoms. The molecule has 100 valence electrons. The van der Waals surface area contributed by atoms with Gasteiger partial charge in [0.05, 0.1) is 0 Å². The molecule has 0 aliphatic heterocycles. The van der Waals surface area contributed by atoms with E-state index in [1.165, 1.54) is 27.8 Å². The second kappa shape index (κ2) is 5.38. The second-order valence-corrected chi connectivity index (χ2v) is 5.38. The maximum Gasteiger partial charge on any atom is 0.00839 e. The summed E-state index contributed by atoms with van der Waals surface area (Å²) in [6.07, 6.45) is 6.16. The molecule has 1 aliphatic rings. The van der Waals surface area contributed by atoms with Gasteiger partial charge in [0.2, 0.25) is 0 Å². The third-order valence-electron chi connectivity index (χ3n) is 3.82. The van der Waals surface area contributed by atoms with Gasteiger partial charge in [0.1, 0.15) is 0 Å². The van der Waals surface area contributed by atoms with E-state index in [1.54, 1.807) is 0 Å². The largest absolute Gasteiger partial charge is 0.402 e. The van der Waals surface area contributed by atoms with Crippen molar-refractivity contribution in [1.82, 2.24) is 0 Å². The van der Waals surface area contributed by atoms with E-state index in [0.717, 1.165) is 18.5 Å². The fourth-order valence-corrected chi connectivity index (χ4v) is 2.52. The Labute approximate surface area is 120 Å². The predicted octanol–water partition coefficient (Wildman–Crippen LogP) is 4.68. The lowest BCUT2D eigenvalue weighted by Crippen LogP contribution is -2.01. The highest BCUT2D eigenvalue weighted by atomic mass is 14.6. The predicted molar refractivity (Wildman–Crippen MR) is 86.1 cm³/mol. The van der Waals surface area contributed by atoms with Crippen LogP contribution in [0.15, 0.2) is 66.4 Å². The van der Waals surface area contributed by atoms with Gasteiger partial charge in [0.25, 0.3) is 0 Å². The van der Waals surface area contributed by atoms with E-state index in [9.17, 15) is 0 Å². The minimum Gasteiger partial charge on any atom is -0.402 e.